The molecule has 1 amide bonds. The summed E-state index contributed by atoms with van der Waals surface area (Å²) in [5, 5.41) is 3.06. The van der Waals surface area contributed by atoms with Crippen LogP contribution in [0.3, 0.4) is 0 Å². The first kappa shape index (κ1) is 17.0. The molecule has 1 saturated heterocycles. The number of amides is 1. The Morgan fingerprint density at radius 2 is 2.25 bits per heavy atom. The molecule has 1 fully saturated rings. The molecule has 0 aliphatic carbocycles. The summed E-state index contributed by atoms with van der Waals surface area (Å²) in [5.74, 6) is 1.11. The molecule has 1 aromatic carbocycles. The Bertz CT molecular complexity index is 657. The number of likely N-dealkylation sites (tertiary alicyclic amines) is 1. The van der Waals surface area contributed by atoms with Crippen molar-refractivity contribution in [3.8, 4) is 5.75 Å². The van der Waals surface area contributed by atoms with E-state index in [9.17, 15) is 4.79 Å². The van der Waals surface area contributed by atoms with Crippen molar-refractivity contribution in [2.24, 2.45) is 0 Å². The number of aryl methyl sites for hydroxylation is 1. The van der Waals surface area contributed by atoms with E-state index in [2.05, 4.69) is 4.98 Å². The molecule has 1 atom stereocenters. The fraction of sp³-hybridized carbons (Fsp3) is 0.474. The lowest BCUT2D eigenvalue weighted by molar-refractivity contribution is -0.135. The number of rotatable bonds is 6. The van der Waals surface area contributed by atoms with Crippen LogP contribution in [0.15, 0.2) is 35.8 Å². The lowest BCUT2D eigenvalue weighted by Gasteiger charge is -2.34. The van der Waals surface area contributed by atoms with Crippen molar-refractivity contribution in [1.29, 1.82) is 0 Å². The minimum Gasteiger partial charge on any atom is -0.494 e. The lowest BCUT2D eigenvalue weighted by atomic mass is 10.0. The van der Waals surface area contributed by atoms with Gasteiger partial charge < -0.3 is 9.64 Å². The Kier molecular flexibility index (Phi) is 5.86. The minimum atomic E-state index is 0.161. The van der Waals surface area contributed by atoms with E-state index >= 15 is 0 Å². The zero-order valence-electron chi connectivity index (χ0n) is 14.1. The summed E-state index contributed by atoms with van der Waals surface area (Å²) in [6.45, 7) is 3.47. The molecule has 0 saturated carbocycles. The fourth-order valence-corrected chi connectivity index (χ4v) is 4.06. The van der Waals surface area contributed by atoms with Crippen LogP contribution in [-0.4, -0.2) is 28.9 Å². The second-order valence-corrected chi connectivity index (χ2v) is 6.94. The van der Waals surface area contributed by atoms with Crippen LogP contribution in [-0.2, 0) is 11.2 Å². The van der Waals surface area contributed by atoms with Crippen LogP contribution in [0.4, 0.5) is 0 Å². The summed E-state index contributed by atoms with van der Waals surface area (Å²) in [7, 11) is 0. The van der Waals surface area contributed by atoms with Gasteiger partial charge in [0.2, 0.25) is 5.91 Å². The van der Waals surface area contributed by atoms with Gasteiger partial charge in [0, 0.05) is 24.5 Å². The number of carbonyl (C=O) groups excluding carboxylic acids is 1. The van der Waals surface area contributed by atoms with E-state index in [1.165, 1.54) is 6.42 Å². The molecular weight excluding hydrogens is 320 g/mol. The molecule has 2 aromatic rings. The SMILES string of the molecule is CCOc1ccccc1CCC(=O)N1CCCC[C@H]1c1nccs1. The van der Waals surface area contributed by atoms with Gasteiger partial charge in [0.1, 0.15) is 10.8 Å². The Morgan fingerprint density at radius 1 is 1.38 bits per heavy atom. The number of para-hydroxylation sites is 1. The first-order valence-electron chi connectivity index (χ1n) is 8.69. The maximum Gasteiger partial charge on any atom is 0.223 e. The quantitative estimate of drug-likeness (QED) is 0.787. The number of hydrogen-bond acceptors (Lipinski definition) is 4. The van der Waals surface area contributed by atoms with Crippen molar-refractivity contribution >= 4 is 17.2 Å². The normalized spacial score (nSPS) is 17.7. The molecule has 2 heterocycles. The molecule has 0 N–H and O–H groups in total. The molecule has 1 aliphatic rings. The molecule has 3 rings (SSSR count). The van der Waals surface area contributed by atoms with Gasteiger partial charge in [0.05, 0.1) is 12.6 Å². The van der Waals surface area contributed by atoms with E-state index in [0.29, 0.717) is 13.0 Å². The second kappa shape index (κ2) is 8.29. The summed E-state index contributed by atoms with van der Waals surface area (Å²) in [5.41, 5.74) is 1.11. The smallest absolute Gasteiger partial charge is 0.223 e. The minimum absolute atomic E-state index is 0.161. The highest BCUT2D eigenvalue weighted by atomic mass is 32.1. The Hall–Kier alpha value is -1.88. The summed E-state index contributed by atoms with van der Waals surface area (Å²) >= 11 is 1.65. The zero-order chi connectivity index (χ0) is 16.8. The largest absolute Gasteiger partial charge is 0.494 e. The number of thiazole rings is 1. The van der Waals surface area contributed by atoms with Crippen molar-refractivity contribution < 1.29 is 9.53 Å². The monoisotopic (exact) mass is 344 g/mol. The molecule has 4 nitrogen and oxygen atoms in total. The Morgan fingerprint density at radius 3 is 3.04 bits per heavy atom. The molecule has 0 unspecified atom stereocenters. The van der Waals surface area contributed by atoms with Crippen LogP contribution < -0.4 is 4.74 Å². The van der Waals surface area contributed by atoms with Gasteiger partial charge in [-0.2, -0.15) is 0 Å². The van der Waals surface area contributed by atoms with Crippen LogP contribution in [0.25, 0.3) is 0 Å². The number of nitrogens with zero attached hydrogens (tertiary/aromatic N) is 2. The van der Waals surface area contributed by atoms with Gasteiger partial charge in [-0.15, -0.1) is 11.3 Å². The van der Waals surface area contributed by atoms with Crippen molar-refractivity contribution in [2.75, 3.05) is 13.2 Å². The lowest BCUT2D eigenvalue weighted by Crippen LogP contribution is -2.38. The molecule has 0 radical (unpaired) electrons. The number of carbonyl (C=O) groups is 1. The van der Waals surface area contributed by atoms with Crippen LogP contribution >= 0.6 is 11.3 Å². The van der Waals surface area contributed by atoms with Gasteiger partial charge in [-0.1, -0.05) is 18.2 Å². The predicted octanol–water partition coefficient (Wildman–Crippen LogP) is 4.23. The second-order valence-electron chi connectivity index (χ2n) is 6.01. The molecule has 24 heavy (non-hydrogen) atoms. The number of benzene rings is 1. The molecule has 1 aliphatic heterocycles. The van der Waals surface area contributed by atoms with Gasteiger partial charge in [-0.25, -0.2) is 4.98 Å². The summed E-state index contributed by atoms with van der Waals surface area (Å²) in [6.07, 6.45) is 6.34. The average Bonchev–Trinajstić information content (AvgIpc) is 3.15. The number of aromatic nitrogens is 1. The summed E-state index contributed by atoms with van der Waals surface area (Å²) in [6, 6.07) is 8.16. The van der Waals surface area contributed by atoms with E-state index in [0.717, 1.165) is 42.1 Å². The average molecular weight is 344 g/mol. The zero-order valence-corrected chi connectivity index (χ0v) is 14.9. The summed E-state index contributed by atoms with van der Waals surface area (Å²) < 4.78 is 5.66. The van der Waals surface area contributed by atoms with Crippen LogP contribution in [0, 0.1) is 0 Å². The van der Waals surface area contributed by atoms with Crippen molar-refractivity contribution in [1.82, 2.24) is 9.88 Å². The number of piperidine rings is 1. The molecule has 5 heteroatoms. The van der Waals surface area contributed by atoms with Crippen molar-refractivity contribution in [3.63, 3.8) is 0 Å². The van der Waals surface area contributed by atoms with Gasteiger partial charge in [0.15, 0.2) is 0 Å². The highest BCUT2D eigenvalue weighted by Crippen LogP contribution is 2.32. The van der Waals surface area contributed by atoms with E-state index in [4.69, 9.17) is 4.74 Å². The molecule has 128 valence electrons. The number of ether oxygens (including phenoxy) is 1. The van der Waals surface area contributed by atoms with Crippen molar-refractivity contribution in [3.05, 3.63) is 46.4 Å². The van der Waals surface area contributed by atoms with Crippen LogP contribution in [0.2, 0.25) is 0 Å². The maximum atomic E-state index is 12.8. The van der Waals surface area contributed by atoms with Gasteiger partial charge in [-0.05, 0) is 44.2 Å². The Balaban J connectivity index is 1.65. The Labute approximate surface area is 147 Å². The van der Waals surface area contributed by atoms with E-state index in [1.807, 2.05) is 47.7 Å². The molecular formula is C19H24N2O2S. The van der Waals surface area contributed by atoms with Gasteiger partial charge in [0.25, 0.3) is 0 Å². The van der Waals surface area contributed by atoms with E-state index in [1.54, 1.807) is 11.3 Å². The summed E-state index contributed by atoms with van der Waals surface area (Å²) in [4.78, 5) is 19.3. The van der Waals surface area contributed by atoms with E-state index < -0.39 is 0 Å². The third-order valence-corrected chi connectivity index (χ3v) is 5.32. The van der Waals surface area contributed by atoms with Crippen molar-refractivity contribution in [2.45, 2.75) is 45.1 Å². The van der Waals surface area contributed by atoms with Crippen LogP contribution in [0.5, 0.6) is 5.75 Å². The molecule has 0 bridgehead atoms. The first-order valence-corrected chi connectivity index (χ1v) is 9.57. The number of hydrogen-bond donors (Lipinski definition) is 0. The predicted molar refractivity (Wildman–Crippen MR) is 96.4 cm³/mol. The maximum absolute atomic E-state index is 12.8. The topological polar surface area (TPSA) is 42.4 Å². The first-order chi connectivity index (χ1) is 11.8. The molecule has 1 aromatic heterocycles. The fourth-order valence-electron chi connectivity index (χ4n) is 3.28. The van der Waals surface area contributed by atoms with E-state index in [-0.39, 0.29) is 11.9 Å². The third-order valence-electron chi connectivity index (χ3n) is 4.44. The third kappa shape index (κ3) is 3.96. The molecule has 0 spiro atoms. The van der Waals surface area contributed by atoms with Gasteiger partial charge in [-0.3, -0.25) is 4.79 Å². The highest BCUT2D eigenvalue weighted by Gasteiger charge is 2.29. The van der Waals surface area contributed by atoms with Crippen LogP contribution in [0.1, 0.15) is 49.2 Å². The standard InChI is InChI=1S/C19H24N2O2S/c1-2-23-17-9-4-3-7-15(17)10-11-18(22)21-13-6-5-8-16(21)19-20-12-14-24-19/h3-4,7,9,12,14,16H,2,5-6,8,10-11,13H2,1H3/t16-/m0/s1. The van der Waals surface area contributed by atoms with Gasteiger partial charge >= 0.3 is 0 Å². The highest BCUT2D eigenvalue weighted by molar-refractivity contribution is 7.09.